The molecule has 12 N–H and O–H groups in total. The average Bonchev–Trinajstić information content (AvgIpc) is 3.67. The number of aliphatic carboxylic acids is 5. The Morgan fingerprint density at radius 1 is 0.591 bits per heavy atom. The minimum Gasteiger partial charge on any atom is -0.508 e. The monoisotopic (exact) mass is 1230 g/mol. The van der Waals surface area contributed by atoms with E-state index in [9.17, 15) is 83.4 Å². The fourth-order valence-corrected chi connectivity index (χ4v) is 9.18. The number of hydrogen-bond donors (Lipinski definition) is 12. The molecule has 5 amide bonds. The van der Waals surface area contributed by atoms with Crippen molar-refractivity contribution in [2.75, 3.05) is 45.9 Å². The molecule has 476 valence electrons. The number of ether oxygens (including phenoxy) is 2. The highest BCUT2D eigenvalue weighted by molar-refractivity contribution is 5.89. The number of carbonyl (C=O) groups excluding carboxylic acids is 6. The van der Waals surface area contributed by atoms with Crippen LogP contribution in [-0.2, 0) is 91.5 Å². The first-order chi connectivity index (χ1) is 42.0. The number of carboxylic acids is 5. The molecule has 0 aliphatic heterocycles. The summed E-state index contributed by atoms with van der Waals surface area (Å²) in [7, 11) is 0. The Hall–Kier alpha value is -9.63. The molecule has 88 heavy (non-hydrogen) atoms. The topological polar surface area (TPSA) is 414 Å². The number of urea groups is 1. The minimum atomic E-state index is -1.25. The lowest BCUT2D eigenvalue weighted by molar-refractivity contribution is -0.143. The van der Waals surface area contributed by atoms with Gasteiger partial charge in [-0.25, -0.2) is 9.59 Å². The van der Waals surface area contributed by atoms with Crippen LogP contribution in [0.5, 0.6) is 17.2 Å². The Kier molecular flexibility index (Phi) is 30.4. The zero-order valence-corrected chi connectivity index (χ0v) is 48.7. The highest BCUT2D eigenvalue weighted by Crippen LogP contribution is 2.24. The molecule has 0 aliphatic rings. The van der Waals surface area contributed by atoms with Crippen LogP contribution in [0.25, 0.3) is 0 Å². The Balaban J connectivity index is 1.23. The summed E-state index contributed by atoms with van der Waals surface area (Å²) in [5.41, 5.74) is 3.14. The second-order valence-corrected chi connectivity index (χ2v) is 20.8. The molecule has 0 unspecified atom stereocenters. The first kappa shape index (κ1) is 70.9. The van der Waals surface area contributed by atoms with E-state index in [0.717, 1.165) is 5.56 Å². The largest absolute Gasteiger partial charge is 0.508 e. The van der Waals surface area contributed by atoms with E-state index in [1.807, 2.05) is 0 Å². The second-order valence-electron chi connectivity index (χ2n) is 20.8. The van der Waals surface area contributed by atoms with Gasteiger partial charge in [-0.15, -0.1) is 0 Å². The molecule has 4 atom stereocenters. The van der Waals surface area contributed by atoms with Gasteiger partial charge in [0, 0.05) is 76.0 Å². The van der Waals surface area contributed by atoms with Crippen molar-refractivity contribution in [1.29, 1.82) is 0 Å². The molecule has 0 aliphatic carbocycles. The van der Waals surface area contributed by atoms with Crippen molar-refractivity contribution in [3.63, 3.8) is 0 Å². The van der Waals surface area contributed by atoms with Gasteiger partial charge in [0.2, 0.25) is 11.8 Å². The Bertz CT molecular complexity index is 3000. The van der Waals surface area contributed by atoms with Crippen molar-refractivity contribution in [2.45, 2.75) is 115 Å². The summed E-state index contributed by atoms with van der Waals surface area (Å²) in [5, 5.41) is 81.7. The number of Topliss-reactive ketones (excluding diaryl/α,β-unsaturated/α-hetero) is 1. The lowest BCUT2D eigenvalue weighted by atomic mass is 9.94. The number of benzene rings is 4. The molecule has 27 heteroatoms. The zero-order valence-electron chi connectivity index (χ0n) is 48.7. The molecule has 4 aromatic carbocycles. The van der Waals surface area contributed by atoms with Gasteiger partial charge < -0.3 is 71.8 Å². The van der Waals surface area contributed by atoms with E-state index in [1.54, 1.807) is 73.7 Å². The molecule has 4 rings (SSSR count). The number of hydrogen-bond acceptors (Lipinski definition) is 17. The third kappa shape index (κ3) is 27.6. The molecular weight excluding hydrogens is 1150 g/mol. The van der Waals surface area contributed by atoms with E-state index in [0.29, 0.717) is 47.1 Å². The number of carbonyl (C=O) groups is 11. The molecule has 0 saturated heterocycles. The van der Waals surface area contributed by atoms with Crippen LogP contribution in [0, 0.1) is 5.92 Å². The summed E-state index contributed by atoms with van der Waals surface area (Å²) in [6.45, 7) is 0.0545. The van der Waals surface area contributed by atoms with E-state index in [-0.39, 0.29) is 108 Å². The molecule has 27 nitrogen and oxygen atoms in total. The summed E-state index contributed by atoms with van der Waals surface area (Å²) in [4.78, 5) is 137. The highest BCUT2D eigenvalue weighted by Gasteiger charge is 2.26. The van der Waals surface area contributed by atoms with E-state index in [4.69, 9.17) is 14.6 Å². The van der Waals surface area contributed by atoms with Gasteiger partial charge >= 0.3 is 35.9 Å². The standard InChI is InChI=1S/C61H77N7O20/c1-2-8-48(60(84)85)65-61(86)66-54(88-38-69)11-6-7-24-62-58(81)49(30-39-9-4-3-5-10-39)64-53(74)37-87-47-18-12-40(13-19-47)27-43(59(82)83)31-46(70)32-63-52(73)22-16-41-14-20-50(71)44(28-41)33-67(35-56(77)78)25-26-68(36-57(79)80)34-45-29-42(15-21-51(45)72)17-23-55(75)76/h3-5,9-10,12-15,18-21,28-29,38,43,48-49,54,71-72H,2,6-8,11,16-17,22-27,30-37H2,1H3,(H,62,81)(H,63,73)(H,64,74)(H,75,76)(H,77,78)(H,79,80)(H,82,83)(H,84,85)(H2,65,66,86)/t43-,48+,49+,54-/m1/s1. The molecule has 0 fully saturated rings. The smallest absolute Gasteiger partial charge is 0.326 e. The van der Waals surface area contributed by atoms with Gasteiger partial charge in [-0.1, -0.05) is 80.1 Å². The third-order valence-electron chi connectivity index (χ3n) is 13.7. The van der Waals surface area contributed by atoms with E-state index >= 15 is 0 Å². The molecule has 0 radical (unpaired) electrons. The Morgan fingerprint density at radius 3 is 1.72 bits per heavy atom. The van der Waals surface area contributed by atoms with E-state index < -0.39 is 116 Å². The van der Waals surface area contributed by atoms with Gasteiger partial charge in [0.15, 0.2) is 18.6 Å². The van der Waals surface area contributed by atoms with Gasteiger partial charge in [-0.05, 0) is 85.0 Å². The van der Waals surface area contributed by atoms with E-state index in [2.05, 4.69) is 26.6 Å². The van der Waals surface area contributed by atoms with Crippen molar-refractivity contribution in [3.05, 3.63) is 124 Å². The molecule has 0 saturated carbocycles. The lowest BCUT2D eigenvalue weighted by Crippen LogP contribution is -2.50. The van der Waals surface area contributed by atoms with Gasteiger partial charge in [-0.2, -0.15) is 0 Å². The number of nitrogens with one attached hydrogen (secondary N) is 5. The summed E-state index contributed by atoms with van der Waals surface area (Å²) >= 11 is 0. The van der Waals surface area contributed by atoms with Crippen LogP contribution in [0.3, 0.4) is 0 Å². The van der Waals surface area contributed by atoms with Crippen LogP contribution in [0.4, 0.5) is 4.79 Å². The van der Waals surface area contributed by atoms with E-state index in [1.165, 1.54) is 34.1 Å². The van der Waals surface area contributed by atoms with Crippen molar-refractivity contribution in [1.82, 2.24) is 36.4 Å². The predicted molar refractivity (Wildman–Crippen MR) is 314 cm³/mol. The van der Waals surface area contributed by atoms with Crippen molar-refractivity contribution < 1.29 is 98.0 Å². The summed E-state index contributed by atoms with van der Waals surface area (Å²) < 4.78 is 10.6. The maximum absolute atomic E-state index is 13.4. The Labute approximate surface area is 507 Å². The second kappa shape index (κ2) is 37.7. The maximum Gasteiger partial charge on any atom is 0.326 e. The number of amides is 5. The van der Waals surface area contributed by atoms with Crippen LogP contribution < -0.4 is 31.3 Å². The van der Waals surface area contributed by atoms with Crippen LogP contribution in [-0.4, -0.2) is 176 Å². The summed E-state index contributed by atoms with van der Waals surface area (Å²) in [5.74, 6) is -9.27. The van der Waals surface area contributed by atoms with Crippen LogP contribution in [0.15, 0.2) is 91.0 Å². The number of unbranched alkanes of at least 4 members (excludes halogenated alkanes) is 1. The highest BCUT2D eigenvalue weighted by atomic mass is 16.5. The number of aromatic hydroxyl groups is 2. The van der Waals surface area contributed by atoms with Crippen molar-refractivity contribution in [3.8, 4) is 17.2 Å². The van der Waals surface area contributed by atoms with Gasteiger partial charge in [0.1, 0.15) is 29.3 Å². The summed E-state index contributed by atoms with van der Waals surface area (Å²) in [6.07, 6.45) is 0.262. The Morgan fingerprint density at radius 2 is 1.17 bits per heavy atom. The number of carboxylic acid groups (broad SMARTS) is 5. The van der Waals surface area contributed by atoms with Crippen LogP contribution in [0.1, 0.15) is 91.7 Å². The number of phenolic OH excluding ortho intramolecular Hbond substituents is 2. The first-order valence-corrected chi connectivity index (χ1v) is 28.4. The normalized spacial score (nSPS) is 12.4. The fraction of sp³-hybridized carbons (Fsp3) is 0.426. The summed E-state index contributed by atoms with van der Waals surface area (Å²) in [6, 6.07) is 21.2. The van der Waals surface area contributed by atoms with Crippen LogP contribution in [0.2, 0.25) is 0 Å². The molecule has 0 bridgehead atoms. The number of phenols is 2. The average molecular weight is 1230 g/mol. The SMILES string of the molecule is CCC[C@H](NC(=O)N[C@@H](CCCCNC(=O)[C@H](Cc1ccccc1)NC(=O)COc1ccc(C[C@H](CC(=O)CNC(=O)CCc2ccc(O)c(CN(CCN(CC(=O)O)Cc3cc(CCC(=O)O)ccc3O)CC(=O)O)c2)C(=O)O)cc1)OC=O)C(=O)O. The molecule has 0 spiro atoms. The first-order valence-electron chi connectivity index (χ1n) is 28.4. The zero-order chi connectivity index (χ0) is 64.5. The molecular formula is C61H77N7O20. The lowest BCUT2D eigenvalue weighted by Gasteiger charge is -2.26. The third-order valence-corrected chi connectivity index (χ3v) is 13.7. The van der Waals surface area contributed by atoms with Gasteiger partial charge in [0.25, 0.3) is 12.4 Å². The van der Waals surface area contributed by atoms with Crippen LogP contribution >= 0.6 is 0 Å². The predicted octanol–water partition coefficient (Wildman–Crippen LogP) is 2.98. The molecule has 4 aromatic rings. The number of rotatable bonds is 43. The fourth-order valence-electron chi connectivity index (χ4n) is 9.18. The number of nitrogens with zero attached hydrogens (tertiary/aromatic N) is 2. The quantitative estimate of drug-likeness (QED) is 0.0172. The van der Waals surface area contributed by atoms with Gasteiger partial charge in [0.05, 0.1) is 25.6 Å². The van der Waals surface area contributed by atoms with Crippen molar-refractivity contribution >= 4 is 65.9 Å². The molecule has 0 aromatic heterocycles. The maximum atomic E-state index is 13.4. The van der Waals surface area contributed by atoms with Gasteiger partial charge in [-0.3, -0.25) is 53.0 Å². The number of ketones is 1. The number of aryl methyl sites for hydroxylation is 2. The molecule has 0 heterocycles. The van der Waals surface area contributed by atoms with Crippen molar-refractivity contribution in [2.24, 2.45) is 5.92 Å². The minimum absolute atomic E-state index is 0.0115.